The van der Waals surface area contributed by atoms with Gasteiger partial charge < -0.3 is 26.1 Å². The Balaban J connectivity index is 2.23. The Morgan fingerprint density at radius 1 is 1.34 bits per heavy atom. The van der Waals surface area contributed by atoms with Crippen LogP contribution in [0.15, 0.2) is 18.2 Å². The number of benzene rings is 1. The van der Waals surface area contributed by atoms with E-state index in [2.05, 4.69) is 10.6 Å². The highest BCUT2D eigenvalue weighted by Crippen LogP contribution is 2.27. The summed E-state index contributed by atoms with van der Waals surface area (Å²) >= 11 is 6.12. The summed E-state index contributed by atoms with van der Waals surface area (Å²) in [5.74, 6) is -1.21. The zero-order chi connectivity index (χ0) is 21.8. The predicted octanol–water partition coefficient (Wildman–Crippen LogP) is 1.37. The van der Waals surface area contributed by atoms with Gasteiger partial charge in [0.2, 0.25) is 11.8 Å². The molecular weight excluding hydrogens is 396 g/mol. The number of hydrogen-bond acceptors (Lipinski definition) is 5. The molecule has 2 rings (SSSR count). The SMILES string of the molecule is CC(C)(C)[C@H](NC(=O)c1ccc(N)cc1Cl)C(=O)N1CCC[C@H]1C(=O)NCC=O. The summed E-state index contributed by atoms with van der Waals surface area (Å²) in [6, 6.07) is 3.00. The Hall–Kier alpha value is -2.61. The van der Waals surface area contributed by atoms with Crippen LogP contribution < -0.4 is 16.4 Å². The zero-order valence-electron chi connectivity index (χ0n) is 16.8. The fraction of sp³-hybridized carbons (Fsp3) is 0.500. The fourth-order valence-corrected chi connectivity index (χ4v) is 3.58. The van der Waals surface area contributed by atoms with Crippen LogP contribution in [0.4, 0.5) is 5.69 Å². The standard InChI is InChI=1S/C20H27ClN4O4/c1-20(2,3)16(24-17(27)13-7-6-12(22)11-14(13)21)19(29)25-9-4-5-15(25)18(28)23-8-10-26/h6-7,10-11,15-16H,4-5,8-9,22H2,1-3H3,(H,23,28)(H,24,27)/t15-,16+/m0/s1. The molecule has 0 aromatic heterocycles. The van der Waals surface area contributed by atoms with Crippen molar-refractivity contribution in [2.75, 3.05) is 18.8 Å². The number of rotatable bonds is 6. The molecule has 0 spiro atoms. The smallest absolute Gasteiger partial charge is 0.253 e. The number of nitrogen functional groups attached to an aromatic ring is 1. The number of aldehydes is 1. The van der Waals surface area contributed by atoms with Gasteiger partial charge in [-0.15, -0.1) is 0 Å². The minimum atomic E-state index is -0.872. The summed E-state index contributed by atoms with van der Waals surface area (Å²) in [5.41, 5.74) is 5.70. The molecule has 0 saturated carbocycles. The average Bonchev–Trinajstić information content (AvgIpc) is 3.12. The maximum Gasteiger partial charge on any atom is 0.253 e. The summed E-state index contributed by atoms with van der Waals surface area (Å²) in [6.45, 7) is 5.80. The number of carbonyl (C=O) groups is 4. The van der Waals surface area contributed by atoms with Gasteiger partial charge in [0.25, 0.3) is 5.91 Å². The maximum atomic E-state index is 13.3. The van der Waals surface area contributed by atoms with E-state index >= 15 is 0 Å². The van der Waals surface area contributed by atoms with E-state index in [0.717, 1.165) is 0 Å². The van der Waals surface area contributed by atoms with Crippen molar-refractivity contribution in [2.45, 2.75) is 45.7 Å². The molecule has 1 saturated heterocycles. The van der Waals surface area contributed by atoms with Gasteiger partial charge in [-0.3, -0.25) is 14.4 Å². The van der Waals surface area contributed by atoms with Crippen molar-refractivity contribution in [1.29, 1.82) is 0 Å². The molecule has 9 heteroatoms. The first kappa shape index (κ1) is 22.7. The molecule has 0 unspecified atom stereocenters. The largest absolute Gasteiger partial charge is 0.399 e. The third-order valence-corrected chi connectivity index (χ3v) is 5.14. The van der Waals surface area contributed by atoms with E-state index in [-0.39, 0.29) is 28.9 Å². The van der Waals surface area contributed by atoms with E-state index in [1.165, 1.54) is 17.0 Å². The van der Waals surface area contributed by atoms with Gasteiger partial charge in [0.1, 0.15) is 18.4 Å². The molecule has 1 aromatic carbocycles. The minimum Gasteiger partial charge on any atom is -0.399 e. The van der Waals surface area contributed by atoms with Crippen LogP contribution in [0.1, 0.15) is 44.0 Å². The number of anilines is 1. The Morgan fingerprint density at radius 3 is 2.62 bits per heavy atom. The predicted molar refractivity (Wildman–Crippen MR) is 110 cm³/mol. The van der Waals surface area contributed by atoms with Crippen molar-refractivity contribution in [1.82, 2.24) is 15.5 Å². The van der Waals surface area contributed by atoms with Gasteiger partial charge in [-0.05, 0) is 36.5 Å². The lowest BCUT2D eigenvalue weighted by Gasteiger charge is -2.35. The molecule has 1 fully saturated rings. The van der Waals surface area contributed by atoms with E-state index in [9.17, 15) is 19.2 Å². The molecule has 0 aliphatic carbocycles. The molecule has 1 aliphatic rings. The number of nitrogens with two attached hydrogens (primary N) is 1. The number of nitrogens with zero attached hydrogens (tertiary/aromatic N) is 1. The van der Waals surface area contributed by atoms with Gasteiger partial charge >= 0.3 is 0 Å². The minimum absolute atomic E-state index is 0.105. The monoisotopic (exact) mass is 422 g/mol. The van der Waals surface area contributed by atoms with Gasteiger partial charge in [0.15, 0.2) is 0 Å². The number of likely N-dealkylation sites (tertiary alicyclic amines) is 1. The second kappa shape index (κ2) is 9.26. The highest BCUT2D eigenvalue weighted by molar-refractivity contribution is 6.34. The second-order valence-electron chi connectivity index (χ2n) is 8.11. The van der Waals surface area contributed by atoms with Gasteiger partial charge in [-0.1, -0.05) is 32.4 Å². The van der Waals surface area contributed by atoms with Crippen LogP contribution >= 0.6 is 11.6 Å². The van der Waals surface area contributed by atoms with Crippen molar-refractivity contribution >= 4 is 41.3 Å². The lowest BCUT2D eigenvalue weighted by molar-refractivity contribution is -0.141. The molecule has 4 N–H and O–H groups in total. The van der Waals surface area contributed by atoms with Gasteiger partial charge in [0, 0.05) is 12.2 Å². The Bertz CT molecular complexity index is 806. The third-order valence-electron chi connectivity index (χ3n) is 4.82. The van der Waals surface area contributed by atoms with E-state index in [1.54, 1.807) is 6.07 Å². The van der Waals surface area contributed by atoms with Crippen LogP contribution in [0.3, 0.4) is 0 Å². The van der Waals surface area contributed by atoms with Crippen LogP contribution in [0.5, 0.6) is 0 Å². The molecule has 29 heavy (non-hydrogen) atoms. The molecule has 1 aliphatic heterocycles. The summed E-state index contributed by atoms with van der Waals surface area (Å²) < 4.78 is 0. The van der Waals surface area contributed by atoms with Gasteiger partial charge in [-0.2, -0.15) is 0 Å². The quantitative estimate of drug-likeness (QED) is 0.472. The van der Waals surface area contributed by atoms with Crippen molar-refractivity contribution in [3.05, 3.63) is 28.8 Å². The first-order valence-corrected chi connectivity index (χ1v) is 9.81. The molecule has 2 atom stereocenters. The van der Waals surface area contributed by atoms with Crippen LogP contribution in [0.25, 0.3) is 0 Å². The number of halogens is 1. The zero-order valence-corrected chi connectivity index (χ0v) is 17.6. The molecular formula is C20H27ClN4O4. The third kappa shape index (κ3) is 5.47. The molecule has 3 amide bonds. The number of amides is 3. The first-order valence-electron chi connectivity index (χ1n) is 9.44. The second-order valence-corrected chi connectivity index (χ2v) is 8.52. The summed E-state index contributed by atoms with van der Waals surface area (Å²) in [6.07, 6.45) is 1.76. The summed E-state index contributed by atoms with van der Waals surface area (Å²) in [7, 11) is 0. The Morgan fingerprint density at radius 2 is 2.03 bits per heavy atom. The number of hydrogen-bond donors (Lipinski definition) is 3. The van der Waals surface area contributed by atoms with Crippen molar-refractivity contribution < 1.29 is 19.2 Å². The maximum absolute atomic E-state index is 13.3. The lowest BCUT2D eigenvalue weighted by atomic mass is 9.85. The Kier molecular flexibility index (Phi) is 7.24. The first-order chi connectivity index (χ1) is 13.6. The van der Waals surface area contributed by atoms with Gasteiger partial charge in [-0.25, -0.2) is 0 Å². The molecule has 0 radical (unpaired) electrons. The van der Waals surface area contributed by atoms with Crippen LogP contribution in [0.2, 0.25) is 5.02 Å². The van der Waals surface area contributed by atoms with Crippen LogP contribution in [0, 0.1) is 5.41 Å². The normalized spacial score (nSPS) is 17.5. The van der Waals surface area contributed by atoms with Crippen molar-refractivity contribution in [3.63, 3.8) is 0 Å². The molecule has 8 nitrogen and oxygen atoms in total. The summed E-state index contributed by atoms with van der Waals surface area (Å²) in [4.78, 5) is 50.4. The average molecular weight is 423 g/mol. The molecule has 1 heterocycles. The lowest BCUT2D eigenvalue weighted by Crippen LogP contribution is -2.57. The highest BCUT2D eigenvalue weighted by atomic mass is 35.5. The van der Waals surface area contributed by atoms with Crippen molar-refractivity contribution in [2.24, 2.45) is 5.41 Å². The molecule has 0 bridgehead atoms. The topological polar surface area (TPSA) is 122 Å². The molecule has 1 aromatic rings. The van der Waals surface area contributed by atoms with Crippen molar-refractivity contribution in [3.8, 4) is 0 Å². The van der Waals surface area contributed by atoms with Crippen LogP contribution in [-0.2, 0) is 14.4 Å². The molecule has 158 valence electrons. The number of nitrogens with one attached hydrogen (secondary N) is 2. The summed E-state index contributed by atoms with van der Waals surface area (Å²) in [5, 5.41) is 5.46. The number of carbonyl (C=O) groups excluding carboxylic acids is 4. The van der Waals surface area contributed by atoms with Gasteiger partial charge in [0.05, 0.1) is 17.1 Å². The van der Waals surface area contributed by atoms with E-state index in [4.69, 9.17) is 17.3 Å². The Labute approximate surface area is 175 Å². The van der Waals surface area contributed by atoms with E-state index in [1.807, 2.05) is 20.8 Å². The highest BCUT2D eigenvalue weighted by Gasteiger charge is 2.41. The van der Waals surface area contributed by atoms with Crippen LogP contribution in [-0.4, -0.2) is 54.1 Å². The fourth-order valence-electron chi connectivity index (χ4n) is 3.30. The van der Waals surface area contributed by atoms with E-state index < -0.39 is 23.4 Å². The van der Waals surface area contributed by atoms with E-state index in [0.29, 0.717) is 31.4 Å².